The standard InChI is InChI=1S/C22H29N3O2/c26-21(23-15-18-9-6-14-25-13-5-4-10-19(18)25)11-12-22-24-16-20(27-22)17-7-2-1-3-8-17/h1-3,7-8,16,18-19H,4-6,9-15H2,(H,23,26). The lowest BCUT2D eigenvalue weighted by Gasteiger charge is -2.44. The van der Waals surface area contributed by atoms with E-state index in [0.717, 1.165) is 17.9 Å². The van der Waals surface area contributed by atoms with Gasteiger partial charge in [0.2, 0.25) is 5.91 Å². The fraction of sp³-hybridized carbons (Fsp3) is 0.545. The Morgan fingerprint density at radius 1 is 1.15 bits per heavy atom. The van der Waals surface area contributed by atoms with E-state index < -0.39 is 0 Å². The predicted octanol–water partition coefficient (Wildman–Crippen LogP) is 3.65. The second-order valence-corrected chi connectivity index (χ2v) is 7.79. The number of carbonyl (C=O) groups excluding carboxylic acids is 1. The highest BCUT2D eigenvalue weighted by molar-refractivity contribution is 5.76. The summed E-state index contributed by atoms with van der Waals surface area (Å²) >= 11 is 0. The molecule has 0 aliphatic carbocycles. The van der Waals surface area contributed by atoms with Crippen LogP contribution in [0.2, 0.25) is 0 Å². The Kier molecular flexibility index (Phi) is 5.87. The largest absolute Gasteiger partial charge is 0.441 e. The third kappa shape index (κ3) is 4.59. The van der Waals surface area contributed by atoms with E-state index in [1.54, 1.807) is 6.20 Å². The minimum Gasteiger partial charge on any atom is -0.441 e. The summed E-state index contributed by atoms with van der Waals surface area (Å²) < 4.78 is 5.79. The molecular weight excluding hydrogens is 338 g/mol. The monoisotopic (exact) mass is 367 g/mol. The van der Waals surface area contributed by atoms with Gasteiger partial charge in [-0.3, -0.25) is 4.79 Å². The van der Waals surface area contributed by atoms with Gasteiger partial charge >= 0.3 is 0 Å². The smallest absolute Gasteiger partial charge is 0.220 e. The highest BCUT2D eigenvalue weighted by atomic mass is 16.4. The van der Waals surface area contributed by atoms with Gasteiger partial charge in [-0.05, 0) is 44.7 Å². The fourth-order valence-corrected chi connectivity index (χ4v) is 4.53. The van der Waals surface area contributed by atoms with Crippen molar-refractivity contribution in [2.75, 3.05) is 19.6 Å². The highest BCUT2D eigenvalue weighted by Crippen LogP contribution is 2.30. The van der Waals surface area contributed by atoms with E-state index in [-0.39, 0.29) is 5.91 Å². The Balaban J connectivity index is 1.24. The molecule has 1 amide bonds. The van der Waals surface area contributed by atoms with Crippen LogP contribution in [0, 0.1) is 5.92 Å². The Bertz CT molecular complexity index is 741. The van der Waals surface area contributed by atoms with Crippen molar-refractivity contribution in [3.8, 4) is 11.3 Å². The zero-order valence-electron chi connectivity index (χ0n) is 15.9. The van der Waals surface area contributed by atoms with Crippen LogP contribution in [0.4, 0.5) is 0 Å². The number of aromatic nitrogens is 1. The maximum absolute atomic E-state index is 12.3. The number of hydrogen-bond donors (Lipinski definition) is 1. The number of nitrogens with zero attached hydrogens (tertiary/aromatic N) is 2. The summed E-state index contributed by atoms with van der Waals surface area (Å²) in [6.07, 6.45) is 9.16. The molecule has 2 saturated heterocycles. The molecule has 2 fully saturated rings. The molecule has 2 unspecified atom stereocenters. The molecule has 1 aromatic heterocycles. The Hall–Kier alpha value is -2.14. The number of piperidine rings is 2. The lowest BCUT2D eigenvalue weighted by atomic mass is 9.83. The van der Waals surface area contributed by atoms with Crippen LogP contribution in [0.1, 0.15) is 44.4 Å². The van der Waals surface area contributed by atoms with Gasteiger partial charge < -0.3 is 14.6 Å². The van der Waals surface area contributed by atoms with E-state index >= 15 is 0 Å². The topological polar surface area (TPSA) is 58.4 Å². The Labute approximate surface area is 161 Å². The molecule has 0 saturated carbocycles. The Morgan fingerprint density at radius 2 is 2.00 bits per heavy atom. The van der Waals surface area contributed by atoms with Gasteiger partial charge in [0.15, 0.2) is 11.7 Å². The van der Waals surface area contributed by atoms with Crippen LogP contribution in [0.5, 0.6) is 0 Å². The van der Waals surface area contributed by atoms with Crippen molar-refractivity contribution in [3.05, 3.63) is 42.4 Å². The minimum atomic E-state index is 0.0994. The predicted molar refractivity (Wildman–Crippen MR) is 105 cm³/mol. The molecule has 0 radical (unpaired) electrons. The summed E-state index contributed by atoms with van der Waals surface area (Å²) in [5.41, 5.74) is 1.01. The van der Waals surface area contributed by atoms with E-state index in [0.29, 0.717) is 30.7 Å². The molecule has 1 aromatic carbocycles. The number of rotatable bonds is 6. The van der Waals surface area contributed by atoms with E-state index in [9.17, 15) is 4.79 Å². The van der Waals surface area contributed by atoms with Crippen molar-refractivity contribution in [2.45, 2.75) is 51.0 Å². The molecule has 4 rings (SSSR count). The van der Waals surface area contributed by atoms with Crippen molar-refractivity contribution < 1.29 is 9.21 Å². The average Bonchev–Trinajstić information content (AvgIpc) is 3.20. The highest BCUT2D eigenvalue weighted by Gasteiger charge is 2.32. The van der Waals surface area contributed by atoms with Crippen molar-refractivity contribution in [2.24, 2.45) is 5.92 Å². The van der Waals surface area contributed by atoms with Crippen molar-refractivity contribution >= 4 is 5.91 Å². The summed E-state index contributed by atoms with van der Waals surface area (Å²) in [5.74, 6) is 2.09. The van der Waals surface area contributed by atoms with Crippen LogP contribution in [0.25, 0.3) is 11.3 Å². The lowest BCUT2D eigenvalue weighted by Crippen LogP contribution is -2.51. The molecule has 1 N–H and O–H groups in total. The number of fused-ring (bicyclic) bond motifs is 1. The first-order chi connectivity index (χ1) is 13.3. The molecule has 0 bridgehead atoms. The number of aryl methyl sites for hydroxylation is 1. The molecule has 5 heteroatoms. The molecule has 27 heavy (non-hydrogen) atoms. The van der Waals surface area contributed by atoms with E-state index in [4.69, 9.17) is 4.42 Å². The molecular formula is C22H29N3O2. The van der Waals surface area contributed by atoms with Crippen LogP contribution in [-0.4, -0.2) is 41.5 Å². The van der Waals surface area contributed by atoms with Gasteiger partial charge in [0, 0.05) is 31.0 Å². The second kappa shape index (κ2) is 8.70. The maximum Gasteiger partial charge on any atom is 0.220 e. The molecule has 2 atom stereocenters. The van der Waals surface area contributed by atoms with E-state index in [2.05, 4.69) is 15.2 Å². The number of benzene rings is 1. The van der Waals surface area contributed by atoms with Crippen molar-refractivity contribution in [1.82, 2.24) is 15.2 Å². The number of nitrogens with one attached hydrogen (secondary N) is 1. The quantitative estimate of drug-likeness (QED) is 0.847. The SMILES string of the molecule is O=C(CCc1ncc(-c2ccccc2)o1)NCC1CCCN2CCCCC12. The molecule has 0 spiro atoms. The van der Waals surface area contributed by atoms with Crippen LogP contribution in [0.3, 0.4) is 0 Å². The van der Waals surface area contributed by atoms with Gasteiger partial charge in [-0.1, -0.05) is 36.8 Å². The zero-order chi connectivity index (χ0) is 18.5. The van der Waals surface area contributed by atoms with Crippen LogP contribution in [0.15, 0.2) is 40.9 Å². The molecule has 144 valence electrons. The summed E-state index contributed by atoms with van der Waals surface area (Å²) in [5, 5.41) is 3.16. The fourth-order valence-electron chi connectivity index (χ4n) is 4.53. The third-order valence-electron chi connectivity index (χ3n) is 5.97. The molecule has 2 aliphatic heterocycles. The summed E-state index contributed by atoms with van der Waals surface area (Å²) in [7, 11) is 0. The third-order valence-corrected chi connectivity index (χ3v) is 5.97. The summed E-state index contributed by atoms with van der Waals surface area (Å²) in [6, 6.07) is 10.6. The van der Waals surface area contributed by atoms with E-state index in [1.807, 2.05) is 30.3 Å². The van der Waals surface area contributed by atoms with Crippen LogP contribution < -0.4 is 5.32 Å². The summed E-state index contributed by atoms with van der Waals surface area (Å²) in [4.78, 5) is 19.3. The first-order valence-corrected chi connectivity index (χ1v) is 10.3. The number of hydrogen-bond acceptors (Lipinski definition) is 4. The zero-order valence-corrected chi connectivity index (χ0v) is 15.9. The van der Waals surface area contributed by atoms with Crippen molar-refractivity contribution in [1.29, 1.82) is 0 Å². The second-order valence-electron chi connectivity index (χ2n) is 7.79. The van der Waals surface area contributed by atoms with Gasteiger partial charge in [0.1, 0.15) is 0 Å². The first kappa shape index (κ1) is 18.2. The summed E-state index contributed by atoms with van der Waals surface area (Å²) in [6.45, 7) is 3.28. The number of oxazole rings is 1. The van der Waals surface area contributed by atoms with Gasteiger partial charge in [-0.15, -0.1) is 0 Å². The van der Waals surface area contributed by atoms with Crippen LogP contribution >= 0.6 is 0 Å². The molecule has 2 aromatic rings. The van der Waals surface area contributed by atoms with Gasteiger partial charge in [-0.2, -0.15) is 0 Å². The van der Waals surface area contributed by atoms with Crippen molar-refractivity contribution in [3.63, 3.8) is 0 Å². The molecule has 2 aliphatic rings. The Morgan fingerprint density at radius 3 is 2.89 bits per heavy atom. The van der Waals surface area contributed by atoms with Gasteiger partial charge in [0.05, 0.1) is 6.20 Å². The van der Waals surface area contributed by atoms with Gasteiger partial charge in [-0.25, -0.2) is 4.98 Å². The van der Waals surface area contributed by atoms with E-state index in [1.165, 1.54) is 45.2 Å². The van der Waals surface area contributed by atoms with Gasteiger partial charge in [0.25, 0.3) is 0 Å². The maximum atomic E-state index is 12.3. The van der Waals surface area contributed by atoms with Crippen LogP contribution in [-0.2, 0) is 11.2 Å². The molecule has 5 nitrogen and oxygen atoms in total. The first-order valence-electron chi connectivity index (χ1n) is 10.3. The minimum absolute atomic E-state index is 0.0994. The average molecular weight is 367 g/mol. The lowest BCUT2D eigenvalue weighted by molar-refractivity contribution is -0.121. The molecule has 3 heterocycles. The normalized spacial score (nSPS) is 23.0. The number of carbonyl (C=O) groups is 1. The number of amides is 1.